The predicted octanol–water partition coefficient (Wildman–Crippen LogP) is 2.26. The minimum atomic E-state index is -0.238. The lowest BCUT2D eigenvalue weighted by atomic mass is 10.1. The third-order valence-corrected chi connectivity index (χ3v) is 2.87. The van der Waals surface area contributed by atoms with Crippen LogP contribution in [0.3, 0.4) is 0 Å². The number of hydrogen-bond acceptors (Lipinski definition) is 3. The van der Waals surface area contributed by atoms with Gasteiger partial charge >= 0.3 is 0 Å². The van der Waals surface area contributed by atoms with E-state index in [-0.39, 0.29) is 11.9 Å². The second kappa shape index (κ2) is 5.18. The van der Waals surface area contributed by atoms with E-state index in [4.69, 9.17) is 11.6 Å². The Morgan fingerprint density at radius 2 is 2.28 bits per heavy atom. The molecule has 0 aliphatic carbocycles. The van der Waals surface area contributed by atoms with Crippen LogP contribution < -0.4 is 5.32 Å². The molecule has 0 bridgehead atoms. The highest BCUT2D eigenvalue weighted by Crippen LogP contribution is 2.16. The van der Waals surface area contributed by atoms with Gasteiger partial charge in [-0.15, -0.1) is 0 Å². The van der Waals surface area contributed by atoms with Crippen LogP contribution in [0.25, 0.3) is 0 Å². The van der Waals surface area contributed by atoms with Gasteiger partial charge in [0.25, 0.3) is 5.91 Å². The summed E-state index contributed by atoms with van der Waals surface area (Å²) in [6.45, 7) is 3.70. The number of aromatic amines is 1. The quantitative estimate of drug-likeness (QED) is 0.893. The van der Waals surface area contributed by atoms with E-state index in [9.17, 15) is 4.79 Å². The molecule has 1 amide bonds. The van der Waals surface area contributed by atoms with Gasteiger partial charge < -0.3 is 5.32 Å². The molecule has 0 saturated heterocycles. The lowest BCUT2D eigenvalue weighted by Crippen LogP contribution is -2.28. The van der Waals surface area contributed by atoms with Crippen molar-refractivity contribution in [3.05, 3.63) is 46.5 Å². The van der Waals surface area contributed by atoms with Crippen LogP contribution in [0, 0.1) is 6.92 Å². The van der Waals surface area contributed by atoms with Crippen LogP contribution in [0.2, 0.25) is 5.02 Å². The molecular formula is C12H13ClN4O. The zero-order chi connectivity index (χ0) is 13.1. The fourth-order valence-electron chi connectivity index (χ4n) is 1.61. The topological polar surface area (TPSA) is 70.7 Å². The molecule has 0 aliphatic heterocycles. The molecule has 94 valence electrons. The third-order valence-electron chi connectivity index (χ3n) is 2.64. The fraction of sp³-hybridized carbons (Fsp3) is 0.250. The number of hydrogen-bond donors (Lipinski definition) is 2. The summed E-state index contributed by atoms with van der Waals surface area (Å²) < 4.78 is 0. The number of nitrogens with one attached hydrogen (secondary N) is 2. The van der Waals surface area contributed by atoms with Crippen molar-refractivity contribution in [1.82, 2.24) is 20.5 Å². The van der Waals surface area contributed by atoms with E-state index < -0.39 is 0 Å². The van der Waals surface area contributed by atoms with Crippen molar-refractivity contribution >= 4 is 17.5 Å². The molecular weight excluding hydrogens is 252 g/mol. The first kappa shape index (κ1) is 12.6. The van der Waals surface area contributed by atoms with E-state index in [1.54, 1.807) is 12.1 Å². The molecule has 5 nitrogen and oxygen atoms in total. The second-order valence-electron chi connectivity index (χ2n) is 4.03. The Balaban J connectivity index is 2.15. The van der Waals surface area contributed by atoms with Crippen LogP contribution in [-0.4, -0.2) is 21.1 Å². The number of carbonyl (C=O) groups excluding carboxylic acids is 1. The molecule has 0 saturated carbocycles. The Labute approximate surface area is 110 Å². The number of benzene rings is 1. The third kappa shape index (κ3) is 2.68. The van der Waals surface area contributed by atoms with Gasteiger partial charge in [-0.1, -0.05) is 17.7 Å². The molecule has 1 unspecified atom stereocenters. The standard InChI is InChI=1S/C12H13ClN4O/c1-7-3-4-9(13)5-10(7)12(18)16-8(2)11-14-6-15-17-11/h3-6,8H,1-2H3,(H,16,18)(H,14,15,17). The molecule has 1 atom stereocenters. The summed E-state index contributed by atoms with van der Waals surface area (Å²) >= 11 is 5.89. The summed E-state index contributed by atoms with van der Waals surface area (Å²) in [5.74, 6) is 0.432. The number of H-pyrrole nitrogens is 1. The molecule has 1 aromatic heterocycles. The minimum absolute atomic E-state index is 0.182. The number of aromatic nitrogens is 3. The zero-order valence-corrected chi connectivity index (χ0v) is 10.8. The van der Waals surface area contributed by atoms with Gasteiger partial charge in [-0.3, -0.25) is 9.89 Å². The van der Waals surface area contributed by atoms with Gasteiger partial charge in [-0.25, -0.2) is 4.98 Å². The summed E-state index contributed by atoms with van der Waals surface area (Å²) in [7, 11) is 0. The smallest absolute Gasteiger partial charge is 0.252 e. The van der Waals surface area contributed by atoms with Crippen molar-refractivity contribution in [2.45, 2.75) is 19.9 Å². The Bertz CT molecular complexity index is 553. The molecule has 2 rings (SSSR count). The first-order valence-electron chi connectivity index (χ1n) is 5.50. The average molecular weight is 265 g/mol. The monoisotopic (exact) mass is 264 g/mol. The van der Waals surface area contributed by atoms with E-state index >= 15 is 0 Å². The lowest BCUT2D eigenvalue weighted by molar-refractivity contribution is 0.0937. The predicted molar refractivity (Wildman–Crippen MR) is 68.5 cm³/mol. The Hall–Kier alpha value is -1.88. The Morgan fingerprint density at radius 3 is 2.94 bits per heavy atom. The molecule has 1 heterocycles. The molecule has 0 radical (unpaired) electrons. The van der Waals surface area contributed by atoms with Crippen LogP contribution in [0.4, 0.5) is 0 Å². The van der Waals surface area contributed by atoms with Gasteiger partial charge in [-0.05, 0) is 31.5 Å². The number of halogens is 1. The van der Waals surface area contributed by atoms with E-state index in [2.05, 4.69) is 20.5 Å². The van der Waals surface area contributed by atoms with Crippen LogP contribution in [0.15, 0.2) is 24.5 Å². The SMILES string of the molecule is Cc1ccc(Cl)cc1C(=O)NC(C)c1ncn[nH]1. The maximum absolute atomic E-state index is 12.1. The summed E-state index contributed by atoms with van der Waals surface area (Å²) in [5, 5.41) is 9.84. The van der Waals surface area contributed by atoms with E-state index in [0.29, 0.717) is 16.4 Å². The first-order chi connectivity index (χ1) is 8.58. The highest BCUT2D eigenvalue weighted by molar-refractivity contribution is 6.31. The first-order valence-corrected chi connectivity index (χ1v) is 5.88. The van der Waals surface area contributed by atoms with Crippen LogP contribution >= 0.6 is 11.6 Å². The van der Waals surface area contributed by atoms with Crippen molar-refractivity contribution in [3.63, 3.8) is 0 Å². The van der Waals surface area contributed by atoms with E-state index in [0.717, 1.165) is 5.56 Å². The van der Waals surface area contributed by atoms with Gasteiger partial charge in [0, 0.05) is 10.6 Å². The zero-order valence-electron chi connectivity index (χ0n) is 10.1. The summed E-state index contributed by atoms with van der Waals surface area (Å²) in [6, 6.07) is 4.99. The van der Waals surface area contributed by atoms with Crippen LogP contribution in [0.1, 0.15) is 34.7 Å². The van der Waals surface area contributed by atoms with Crippen molar-refractivity contribution in [1.29, 1.82) is 0 Å². The summed E-state index contributed by atoms with van der Waals surface area (Å²) in [4.78, 5) is 16.1. The Kier molecular flexibility index (Phi) is 3.62. The molecule has 0 fully saturated rings. The largest absolute Gasteiger partial charge is 0.342 e. The molecule has 0 aliphatic rings. The summed E-state index contributed by atoms with van der Waals surface area (Å²) in [5.41, 5.74) is 1.44. The van der Waals surface area contributed by atoms with Gasteiger partial charge in [-0.2, -0.15) is 5.10 Å². The average Bonchev–Trinajstić information content (AvgIpc) is 2.85. The minimum Gasteiger partial charge on any atom is -0.342 e. The second-order valence-corrected chi connectivity index (χ2v) is 4.46. The van der Waals surface area contributed by atoms with E-state index in [1.165, 1.54) is 6.33 Å². The fourth-order valence-corrected chi connectivity index (χ4v) is 1.78. The van der Waals surface area contributed by atoms with Gasteiger partial charge in [0.2, 0.25) is 0 Å². The van der Waals surface area contributed by atoms with Crippen LogP contribution in [-0.2, 0) is 0 Å². The number of carbonyl (C=O) groups is 1. The molecule has 2 N–H and O–H groups in total. The highest BCUT2D eigenvalue weighted by Gasteiger charge is 2.15. The van der Waals surface area contributed by atoms with Gasteiger partial charge in [0.15, 0.2) is 0 Å². The highest BCUT2D eigenvalue weighted by atomic mass is 35.5. The molecule has 18 heavy (non-hydrogen) atoms. The molecule has 1 aromatic carbocycles. The summed E-state index contributed by atoms with van der Waals surface area (Å²) in [6.07, 6.45) is 1.41. The van der Waals surface area contributed by atoms with Crippen molar-refractivity contribution in [2.75, 3.05) is 0 Å². The number of nitrogens with zero attached hydrogens (tertiary/aromatic N) is 2. The van der Waals surface area contributed by atoms with Gasteiger partial charge in [0.05, 0.1) is 6.04 Å². The molecule has 0 spiro atoms. The van der Waals surface area contributed by atoms with Crippen molar-refractivity contribution < 1.29 is 4.79 Å². The van der Waals surface area contributed by atoms with Crippen molar-refractivity contribution in [3.8, 4) is 0 Å². The normalized spacial score (nSPS) is 12.2. The van der Waals surface area contributed by atoms with Crippen molar-refractivity contribution in [2.24, 2.45) is 0 Å². The molecule has 6 heteroatoms. The van der Waals surface area contributed by atoms with Crippen LogP contribution in [0.5, 0.6) is 0 Å². The lowest BCUT2D eigenvalue weighted by Gasteiger charge is -2.12. The van der Waals surface area contributed by atoms with E-state index in [1.807, 2.05) is 19.9 Å². The number of rotatable bonds is 3. The van der Waals surface area contributed by atoms with Gasteiger partial charge in [0.1, 0.15) is 12.2 Å². The maximum Gasteiger partial charge on any atom is 0.252 e. The Morgan fingerprint density at radius 1 is 1.50 bits per heavy atom. The maximum atomic E-state index is 12.1. The number of amides is 1. The number of aryl methyl sites for hydroxylation is 1. The molecule has 2 aromatic rings.